The Morgan fingerprint density at radius 3 is 2.34 bits per heavy atom. The fourth-order valence-corrected chi connectivity index (χ4v) is 13.2. The van der Waals surface area contributed by atoms with Crippen LogP contribution in [0, 0.1) is 23.0 Å². The largest absolute Gasteiger partial charge is 0.442 e. The molecule has 1 spiro atoms. The van der Waals surface area contributed by atoms with Gasteiger partial charge in [0, 0.05) is 110 Å². The maximum absolute atomic E-state index is 15.8. The molecule has 6 aliphatic rings. The number of anilines is 4. The highest BCUT2D eigenvalue weighted by atomic mass is 32.2. The number of Topliss-reactive ketones (excluding diaryl/α,β-unsaturated/α-hetero) is 1. The van der Waals surface area contributed by atoms with Crippen molar-refractivity contribution in [1.29, 1.82) is 0 Å². The Morgan fingerprint density at radius 1 is 0.835 bits per heavy atom. The van der Waals surface area contributed by atoms with E-state index in [2.05, 4.69) is 40.6 Å². The molecule has 0 bridgehead atoms. The number of piperazine rings is 1. The van der Waals surface area contributed by atoms with Gasteiger partial charge in [-0.2, -0.15) is 4.99 Å². The fourth-order valence-electron chi connectivity index (χ4n) is 12.4. The van der Waals surface area contributed by atoms with E-state index in [4.69, 9.17) is 14.5 Å². The number of nitrogens with zero attached hydrogens (tertiary/aromatic N) is 7. The Kier molecular flexibility index (Phi) is 17.3. The number of hydrogen-bond donors (Lipinski definition) is 3. The van der Waals surface area contributed by atoms with Gasteiger partial charge in [-0.1, -0.05) is 42.1 Å². The zero-order chi connectivity index (χ0) is 59.6. The van der Waals surface area contributed by atoms with Crippen LogP contribution in [-0.2, 0) is 32.0 Å². The lowest BCUT2D eigenvalue weighted by molar-refractivity contribution is -0.136. The van der Waals surface area contributed by atoms with Crippen molar-refractivity contribution in [2.45, 2.75) is 113 Å². The molecule has 5 fully saturated rings. The van der Waals surface area contributed by atoms with Crippen LogP contribution in [0.3, 0.4) is 0 Å². The van der Waals surface area contributed by atoms with Crippen LogP contribution in [-0.4, -0.2) is 133 Å². The summed E-state index contributed by atoms with van der Waals surface area (Å²) in [5.74, 6) is -2.50. The standard InChI is InChI=1S/C64H70F2N10O8S/c1-39-58(72-62(82)84-63(2,3)4)64(38-83-39)20-24-76(25-21-64)54-36-68-56(37-67-54)85-48-7-5-6-45(33-48)70-59(79)44-11-16-53(52(66)32-44)75-22-18-46(19-23-75)73-26-28-74(29-27-73)47-13-15-50(51(65)34-47)61(81)69-35-40-8-14-49-41(30-40)9-10-42(57(49)78)31-43-12-17-55(77)71-60(43)80/h5-8,10-11,13-16,30,32-34,36-37,39,43,46H,9,12,17-29,31,35,38H2,1-4H3,(H,69,81)(H,70,79)(H,71,77,80)/b72-58-/t39-,43?/m0/s1. The third kappa shape index (κ3) is 13.6. The molecule has 18 nitrogen and oxygen atoms in total. The highest BCUT2D eigenvalue weighted by Gasteiger charge is 2.48. The molecule has 444 valence electrons. The van der Waals surface area contributed by atoms with Gasteiger partial charge in [-0.05, 0) is 144 Å². The third-order valence-electron chi connectivity index (χ3n) is 17.1. The molecule has 6 heterocycles. The van der Waals surface area contributed by atoms with E-state index < -0.39 is 41.1 Å². The average molecular weight is 1180 g/mol. The molecule has 2 atom stereocenters. The number of fused-ring (bicyclic) bond motifs is 1. The average Bonchev–Trinajstić information content (AvgIpc) is 3.92. The van der Waals surface area contributed by atoms with E-state index >= 15 is 8.78 Å². The van der Waals surface area contributed by atoms with Crippen LogP contribution in [0.15, 0.2) is 118 Å². The molecule has 5 amide bonds. The van der Waals surface area contributed by atoms with Crippen LogP contribution in [0.25, 0.3) is 0 Å². The number of piperidine rings is 3. The first-order chi connectivity index (χ1) is 40.8. The molecule has 11 rings (SSSR count). The number of aromatic nitrogens is 2. The summed E-state index contributed by atoms with van der Waals surface area (Å²) in [4.78, 5) is 99.9. The predicted molar refractivity (Wildman–Crippen MR) is 320 cm³/mol. The zero-order valence-electron chi connectivity index (χ0n) is 48.3. The Labute approximate surface area is 497 Å². The topological polar surface area (TPSA) is 208 Å². The van der Waals surface area contributed by atoms with Gasteiger partial charge in [0.05, 0.1) is 42.1 Å². The molecule has 1 aliphatic carbocycles. The molecule has 0 saturated carbocycles. The molecular formula is C64H70F2N10O8S. The highest BCUT2D eigenvalue weighted by Crippen LogP contribution is 2.42. The van der Waals surface area contributed by atoms with Gasteiger partial charge >= 0.3 is 6.09 Å². The first-order valence-electron chi connectivity index (χ1n) is 29.2. The second-order valence-corrected chi connectivity index (χ2v) is 24.9. The third-order valence-corrected chi connectivity index (χ3v) is 18.0. The van der Waals surface area contributed by atoms with Crippen LogP contribution in [0.5, 0.6) is 0 Å². The number of benzene rings is 4. The normalized spacial score (nSPS) is 20.7. The van der Waals surface area contributed by atoms with E-state index in [1.807, 2.05) is 62.9 Å². The first-order valence-corrected chi connectivity index (χ1v) is 30.1. The minimum absolute atomic E-state index is 0.0603. The van der Waals surface area contributed by atoms with Gasteiger partial charge in [0.1, 0.15) is 28.1 Å². The van der Waals surface area contributed by atoms with Gasteiger partial charge in [-0.15, -0.1) is 0 Å². The van der Waals surface area contributed by atoms with E-state index in [0.29, 0.717) is 98.0 Å². The van der Waals surface area contributed by atoms with Crippen LogP contribution in [0.1, 0.15) is 115 Å². The van der Waals surface area contributed by atoms with Crippen molar-refractivity contribution in [3.8, 4) is 0 Å². The number of carbonyl (C=O) groups excluding carboxylic acids is 6. The number of halogens is 2. The maximum atomic E-state index is 15.8. The van der Waals surface area contributed by atoms with Gasteiger partial charge < -0.3 is 34.8 Å². The van der Waals surface area contributed by atoms with Crippen LogP contribution in [0.4, 0.5) is 36.5 Å². The van der Waals surface area contributed by atoms with E-state index in [-0.39, 0.29) is 59.6 Å². The van der Waals surface area contributed by atoms with Crippen molar-refractivity contribution in [3.05, 3.63) is 142 Å². The summed E-state index contributed by atoms with van der Waals surface area (Å²) in [7, 11) is 0. The first kappa shape index (κ1) is 58.9. The van der Waals surface area contributed by atoms with Crippen molar-refractivity contribution in [3.63, 3.8) is 0 Å². The van der Waals surface area contributed by atoms with Crippen molar-refractivity contribution in [1.82, 2.24) is 25.5 Å². The lowest BCUT2D eigenvalue weighted by Gasteiger charge is -2.43. The van der Waals surface area contributed by atoms with Crippen molar-refractivity contribution in [2.75, 3.05) is 79.0 Å². The van der Waals surface area contributed by atoms with E-state index in [1.165, 1.54) is 30.0 Å². The Morgan fingerprint density at radius 2 is 1.62 bits per heavy atom. The van der Waals surface area contributed by atoms with Gasteiger partial charge in [-0.25, -0.2) is 23.5 Å². The second-order valence-electron chi connectivity index (χ2n) is 23.9. The minimum Gasteiger partial charge on any atom is -0.442 e. The molecule has 5 aliphatic heterocycles. The fraction of sp³-hybridized carbons (Fsp3) is 0.422. The molecule has 4 aromatic carbocycles. The molecule has 21 heteroatoms. The van der Waals surface area contributed by atoms with Crippen LogP contribution >= 0.6 is 11.8 Å². The second kappa shape index (κ2) is 25.0. The Balaban J connectivity index is 0.604. The number of hydrogen-bond acceptors (Lipinski definition) is 15. The lowest BCUT2D eigenvalue weighted by Crippen LogP contribution is -2.53. The number of ketones is 1. The van der Waals surface area contributed by atoms with E-state index in [0.717, 1.165) is 66.3 Å². The van der Waals surface area contributed by atoms with Crippen molar-refractivity contribution < 1.29 is 47.0 Å². The number of nitrogens with one attached hydrogen (secondary N) is 3. The van der Waals surface area contributed by atoms with E-state index in [9.17, 15) is 28.8 Å². The summed E-state index contributed by atoms with van der Waals surface area (Å²) in [5, 5.41) is 8.77. The maximum Gasteiger partial charge on any atom is 0.434 e. The van der Waals surface area contributed by atoms with E-state index in [1.54, 1.807) is 48.8 Å². The zero-order valence-corrected chi connectivity index (χ0v) is 49.1. The highest BCUT2D eigenvalue weighted by molar-refractivity contribution is 7.99. The van der Waals surface area contributed by atoms with Crippen LogP contribution in [0.2, 0.25) is 0 Å². The van der Waals surface area contributed by atoms with Crippen molar-refractivity contribution >= 4 is 75.9 Å². The van der Waals surface area contributed by atoms with Gasteiger partial charge in [0.25, 0.3) is 11.8 Å². The number of rotatable bonds is 13. The number of amides is 5. The van der Waals surface area contributed by atoms with Gasteiger partial charge in [0.2, 0.25) is 11.8 Å². The molecular weight excluding hydrogens is 1110 g/mol. The molecule has 0 radical (unpaired) electrons. The Bertz CT molecular complexity index is 3480. The summed E-state index contributed by atoms with van der Waals surface area (Å²) in [6.45, 7) is 13.7. The molecule has 5 aromatic rings. The smallest absolute Gasteiger partial charge is 0.434 e. The summed E-state index contributed by atoms with van der Waals surface area (Å²) in [6.07, 6.45) is 9.09. The van der Waals surface area contributed by atoms with Gasteiger partial charge in [0.15, 0.2) is 5.78 Å². The number of ether oxygens (including phenoxy) is 2. The molecule has 85 heavy (non-hydrogen) atoms. The summed E-state index contributed by atoms with van der Waals surface area (Å²) >= 11 is 1.41. The predicted octanol–water partition coefficient (Wildman–Crippen LogP) is 9.37. The monoisotopic (exact) mass is 1180 g/mol. The molecule has 1 unspecified atom stereocenters. The quantitative estimate of drug-likeness (QED) is 0.0939. The van der Waals surface area contributed by atoms with Crippen LogP contribution < -0.4 is 30.7 Å². The number of allylic oxidation sites excluding steroid dienone is 2. The van der Waals surface area contributed by atoms with Gasteiger partial charge in [-0.3, -0.25) is 34.2 Å². The number of carbonyl (C=O) groups is 6. The minimum atomic E-state index is -0.636. The Hall–Kier alpha value is -7.88. The molecule has 3 N–H and O–H groups in total. The molecule has 5 saturated heterocycles. The SMILES string of the molecule is C[C@@H]1OCC2(CCN(c3cnc(Sc4cccc(NC(=O)c5ccc(N6CCC(N7CCN(c8ccc(C(=O)NCc9ccc%10c(c9)CC=C(CC9CCC(=O)NC9=O)C%10=O)c(F)c8)CC7)CC6)c(F)c5)c4)cn3)CC2)/C1=N\C(=O)OC(C)(C)C. The summed E-state index contributed by atoms with van der Waals surface area (Å²) in [5.41, 5.74) is 4.32. The summed E-state index contributed by atoms with van der Waals surface area (Å²) in [6, 6.07) is 22.4. The lowest BCUT2D eigenvalue weighted by atomic mass is 9.75. The number of aliphatic imine (C=N–C) groups is 1. The summed E-state index contributed by atoms with van der Waals surface area (Å²) < 4.78 is 42.9. The molecule has 1 aromatic heterocycles. The number of imide groups is 1. The van der Waals surface area contributed by atoms with Crippen molar-refractivity contribution in [2.24, 2.45) is 16.3 Å².